The minimum atomic E-state index is -0.975. The molecule has 2 atom stereocenters. The molecule has 1 aliphatic rings. The molecule has 1 N–H and O–H groups in total. The second-order valence-corrected chi connectivity index (χ2v) is 4.82. The van der Waals surface area contributed by atoms with Crippen molar-refractivity contribution in [3.8, 4) is 0 Å². The van der Waals surface area contributed by atoms with Gasteiger partial charge < -0.3 is 0 Å². The number of carbonyl (C=O) groups is 2. The number of rotatable bonds is 3. The minimum Gasteiger partial charge on any atom is -0.298 e. The van der Waals surface area contributed by atoms with Gasteiger partial charge in [0.1, 0.15) is 0 Å². The molecule has 0 radical (unpaired) electrons. The predicted molar refractivity (Wildman–Crippen MR) is 53.1 cm³/mol. The van der Waals surface area contributed by atoms with Crippen LogP contribution in [0.3, 0.4) is 0 Å². The van der Waals surface area contributed by atoms with Gasteiger partial charge in [0.15, 0.2) is 0 Å². The highest BCUT2D eigenvalue weighted by atomic mass is 32.2. The summed E-state index contributed by atoms with van der Waals surface area (Å²) in [7, 11) is -0.975. The molecule has 0 aromatic carbocycles. The molecule has 1 rings (SSSR count). The predicted octanol–water partition coefficient (Wildman–Crippen LogP) is -1.29. The molecule has 0 aromatic rings. The molecule has 1 fully saturated rings. The molecule has 0 aliphatic carbocycles. The summed E-state index contributed by atoms with van der Waals surface area (Å²) in [5, 5.41) is 2.78. The summed E-state index contributed by atoms with van der Waals surface area (Å²) in [6, 6.07) is -0.321. The van der Waals surface area contributed by atoms with Crippen LogP contribution in [0.1, 0.15) is 6.92 Å². The Morgan fingerprint density at radius 3 is 2.79 bits per heavy atom. The van der Waals surface area contributed by atoms with E-state index < -0.39 is 10.8 Å². The number of amides is 2. The third-order valence-corrected chi connectivity index (χ3v) is 2.86. The van der Waals surface area contributed by atoms with Gasteiger partial charge in [-0.3, -0.25) is 24.0 Å². The lowest BCUT2D eigenvalue weighted by Crippen LogP contribution is -2.57. The first kappa shape index (κ1) is 11.3. The molecule has 2 amide bonds. The molecular weight excluding hydrogens is 204 g/mol. The molecule has 2 unspecified atom stereocenters. The van der Waals surface area contributed by atoms with E-state index >= 15 is 0 Å². The molecule has 1 saturated heterocycles. The van der Waals surface area contributed by atoms with E-state index in [2.05, 4.69) is 5.32 Å². The van der Waals surface area contributed by atoms with Gasteiger partial charge in [-0.05, 0) is 6.92 Å². The highest BCUT2D eigenvalue weighted by Crippen LogP contribution is 2.02. The summed E-state index contributed by atoms with van der Waals surface area (Å²) < 4.78 is 10.8. The normalized spacial score (nSPS) is 25.3. The second kappa shape index (κ2) is 4.65. The zero-order valence-corrected chi connectivity index (χ0v) is 9.10. The van der Waals surface area contributed by atoms with Gasteiger partial charge in [-0.15, -0.1) is 0 Å². The summed E-state index contributed by atoms with van der Waals surface area (Å²) >= 11 is 0. The maximum absolute atomic E-state index is 11.5. The number of hydrogen-bond donors (Lipinski definition) is 1. The highest BCUT2D eigenvalue weighted by Gasteiger charge is 2.30. The standard InChI is InChI=1S/C8H14N2O3S/c1-6-8(12)10(3-4-14(2)13)7(11)5-9-6/h6,9H,3-5H2,1-2H3. The smallest absolute Gasteiger partial charge is 0.246 e. The van der Waals surface area contributed by atoms with Crippen LogP contribution in [0.25, 0.3) is 0 Å². The van der Waals surface area contributed by atoms with Gasteiger partial charge >= 0.3 is 0 Å². The summed E-state index contributed by atoms with van der Waals surface area (Å²) in [5.41, 5.74) is 0. The van der Waals surface area contributed by atoms with E-state index in [0.29, 0.717) is 5.75 Å². The van der Waals surface area contributed by atoms with Crippen molar-refractivity contribution in [1.29, 1.82) is 0 Å². The van der Waals surface area contributed by atoms with Crippen molar-refractivity contribution < 1.29 is 13.8 Å². The van der Waals surface area contributed by atoms with Crippen LogP contribution < -0.4 is 5.32 Å². The maximum atomic E-state index is 11.5. The lowest BCUT2D eigenvalue weighted by molar-refractivity contribution is -0.148. The van der Waals surface area contributed by atoms with Gasteiger partial charge in [0.05, 0.1) is 12.6 Å². The number of hydrogen-bond acceptors (Lipinski definition) is 4. The Labute approximate surface area is 85.3 Å². The van der Waals surface area contributed by atoms with Gasteiger partial charge in [0.2, 0.25) is 11.8 Å². The largest absolute Gasteiger partial charge is 0.298 e. The molecule has 0 saturated carbocycles. The van der Waals surface area contributed by atoms with E-state index in [9.17, 15) is 13.8 Å². The Hall–Kier alpha value is -0.750. The minimum absolute atomic E-state index is 0.184. The summed E-state index contributed by atoms with van der Waals surface area (Å²) in [6.07, 6.45) is 1.56. The van der Waals surface area contributed by atoms with Crippen molar-refractivity contribution in [2.75, 3.05) is 25.1 Å². The number of imide groups is 1. The first-order valence-corrected chi connectivity index (χ1v) is 6.12. The van der Waals surface area contributed by atoms with E-state index in [0.717, 1.165) is 0 Å². The van der Waals surface area contributed by atoms with Gasteiger partial charge in [-0.25, -0.2) is 0 Å². The van der Waals surface area contributed by atoms with Gasteiger partial charge in [0, 0.05) is 29.4 Å². The Morgan fingerprint density at radius 1 is 1.57 bits per heavy atom. The highest BCUT2D eigenvalue weighted by molar-refractivity contribution is 7.84. The van der Waals surface area contributed by atoms with Gasteiger partial charge in [-0.1, -0.05) is 0 Å². The first-order valence-electron chi connectivity index (χ1n) is 4.40. The lowest BCUT2D eigenvalue weighted by atomic mass is 10.2. The van der Waals surface area contributed by atoms with Crippen LogP contribution >= 0.6 is 0 Å². The molecule has 80 valence electrons. The fourth-order valence-electron chi connectivity index (χ4n) is 1.23. The lowest BCUT2D eigenvalue weighted by Gasteiger charge is -2.29. The zero-order chi connectivity index (χ0) is 10.7. The average molecular weight is 218 g/mol. The van der Waals surface area contributed by atoms with Crippen molar-refractivity contribution in [2.24, 2.45) is 0 Å². The Bertz CT molecular complexity index is 280. The second-order valence-electron chi connectivity index (χ2n) is 3.26. The molecule has 5 nitrogen and oxygen atoms in total. The summed E-state index contributed by atoms with van der Waals surface area (Å²) in [5.74, 6) is -0.116. The Balaban J connectivity index is 2.59. The molecule has 1 aliphatic heterocycles. The van der Waals surface area contributed by atoms with Crippen molar-refractivity contribution in [2.45, 2.75) is 13.0 Å². The quantitative estimate of drug-likeness (QED) is 0.599. The molecular formula is C8H14N2O3S. The van der Waals surface area contributed by atoms with Crippen LogP contribution in [0.2, 0.25) is 0 Å². The van der Waals surface area contributed by atoms with Crippen LogP contribution in [0.4, 0.5) is 0 Å². The maximum Gasteiger partial charge on any atom is 0.246 e. The van der Waals surface area contributed by atoms with E-state index in [4.69, 9.17) is 0 Å². The SMILES string of the molecule is CC1NCC(=O)N(CCS(C)=O)C1=O. The number of nitrogens with zero attached hydrogens (tertiary/aromatic N) is 1. The van der Waals surface area contributed by atoms with Crippen LogP contribution in [0.15, 0.2) is 0 Å². The molecule has 0 bridgehead atoms. The summed E-state index contributed by atoms with van der Waals surface area (Å²) in [4.78, 5) is 24.0. The van der Waals surface area contributed by atoms with Crippen LogP contribution in [0, 0.1) is 0 Å². The van der Waals surface area contributed by atoms with Gasteiger partial charge in [0.25, 0.3) is 0 Å². The Kier molecular flexibility index (Phi) is 3.77. The number of piperazine rings is 1. The van der Waals surface area contributed by atoms with Crippen LogP contribution in [0.5, 0.6) is 0 Å². The van der Waals surface area contributed by atoms with Crippen LogP contribution in [-0.4, -0.2) is 52.1 Å². The third-order valence-electron chi connectivity index (χ3n) is 2.10. The molecule has 14 heavy (non-hydrogen) atoms. The van der Waals surface area contributed by atoms with E-state index in [1.54, 1.807) is 13.2 Å². The molecule has 0 spiro atoms. The first-order chi connectivity index (χ1) is 6.52. The number of nitrogens with one attached hydrogen (secondary N) is 1. The van der Waals surface area contributed by atoms with Crippen molar-refractivity contribution in [3.63, 3.8) is 0 Å². The van der Waals surface area contributed by atoms with E-state index in [1.165, 1.54) is 4.90 Å². The molecule has 0 aromatic heterocycles. The van der Waals surface area contributed by atoms with Crippen LogP contribution in [-0.2, 0) is 20.4 Å². The van der Waals surface area contributed by atoms with Crippen molar-refractivity contribution >= 4 is 22.6 Å². The number of carbonyl (C=O) groups excluding carboxylic acids is 2. The van der Waals surface area contributed by atoms with E-state index in [1.807, 2.05) is 0 Å². The fraction of sp³-hybridized carbons (Fsp3) is 0.750. The van der Waals surface area contributed by atoms with E-state index in [-0.39, 0.29) is 30.9 Å². The molecule has 6 heteroatoms. The third kappa shape index (κ3) is 2.62. The molecule has 1 heterocycles. The Morgan fingerprint density at radius 2 is 2.21 bits per heavy atom. The summed E-state index contributed by atoms with van der Waals surface area (Å²) in [6.45, 7) is 2.15. The zero-order valence-electron chi connectivity index (χ0n) is 8.28. The van der Waals surface area contributed by atoms with Gasteiger partial charge in [-0.2, -0.15) is 0 Å². The topological polar surface area (TPSA) is 66.5 Å². The monoisotopic (exact) mass is 218 g/mol. The average Bonchev–Trinajstić information content (AvgIpc) is 2.11. The van der Waals surface area contributed by atoms with Crippen molar-refractivity contribution in [1.82, 2.24) is 10.2 Å². The van der Waals surface area contributed by atoms with Crippen molar-refractivity contribution in [3.05, 3.63) is 0 Å². The fourth-order valence-corrected chi connectivity index (χ4v) is 1.67.